The van der Waals surface area contributed by atoms with E-state index < -0.39 is 11.2 Å². The van der Waals surface area contributed by atoms with Crippen molar-refractivity contribution in [1.29, 1.82) is 0 Å². The Labute approximate surface area is 189 Å². The Hall–Kier alpha value is -3.70. The first kappa shape index (κ1) is 20.2. The normalized spacial score (nSPS) is 11.3. The minimum absolute atomic E-state index is 0.257. The van der Waals surface area contributed by atoms with E-state index in [0.717, 1.165) is 11.3 Å². The van der Waals surface area contributed by atoms with Crippen LogP contribution in [0.1, 0.15) is 5.56 Å². The van der Waals surface area contributed by atoms with Gasteiger partial charge in [-0.15, -0.1) is 5.10 Å². The maximum absolute atomic E-state index is 12.7. The second kappa shape index (κ2) is 8.09. The molecule has 10 nitrogen and oxygen atoms in total. The van der Waals surface area contributed by atoms with Crippen molar-refractivity contribution in [1.82, 2.24) is 39.3 Å². The molecule has 0 saturated carbocycles. The summed E-state index contributed by atoms with van der Waals surface area (Å²) < 4.78 is 4.58. The Morgan fingerprint density at radius 1 is 1.03 bits per heavy atom. The van der Waals surface area contributed by atoms with Crippen molar-refractivity contribution in [3.8, 4) is 5.69 Å². The average molecular weight is 467 g/mol. The summed E-state index contributed by atoms with van der Waals surface area (Å²) in [6.07, 6.45) is 0. The highest BCUT2D eigenvalue weighted by molar-refractivity contribution is 7.99. The smallest absolute Gasteiger partial charge is 0.308 e. The van der Waals surface area contributed by atoms with Crippen LogP contribution in [-0.4, -0.2) is 39.3 Å². The molecule has 0 unspecified atom stereocenters. The van der Waals surface area contributed by atoms with Crippen molar-refractivity contribution < 1.29 is 0 Å². The first-order valence-corrected chi connectivity index (χ1v) is 10.7. The van der Waals surface area contributed by atoms with Gasteiger partial charge in [-0.3, -0.25) is 14.3 Å². The molecule has 0 radical (unpaired) electrons. The summed E-state index contributed by atoms with van der Waals surface area (Å²) >= 11 is 7.55. The van der Waals surface area contributed by atoms with Gasteiger partial charge in [-0.1, -0.05) is 48.0 Å². The van der Waals surface area contributed by atoms with Gasteiger partial charge in [0.25, 0.3) is 5.56 Å². The standard InChI is InChI=1S/C20H15ClN8O2S/c1-27-16-15(17(30)23-18(27)31)28(11-12-7-5-6-10-14(12)21)19(22-16)32-20-24-25-26-29(20)13-8-3-2-4-9-13/h2-10H,11H2,1H3,(H,23,30,31). The minimum Gasteiger partial charge on any atom is -0.308 e. The summed E-state index contributed by atoms with van der Waals surface area (Å²) in [6.45, 7) is 0.271. The zero-order chi connectivity index (χ0) is 22.2. The van der Waals surface area contributed by atoms with Crippen LogP contribution in [0.25, 0.3) is 16.9 Å². The monoisotopic (exact) mass is 466 g/mol. The zero-order valence-electron chi connectivity index (χ0n) is 16.6. The highest BCUT2D eigenvalue weighted by Gasteiger charge is 2.21. The summed E-state index contributed by atoms with van der Waals surface area (Å²) in [6, 6.07) is 16.8. The third kappa shape index (κ3) is 3.51. The SMILES string of the molecule is Cn1c(=O)[nH]c(=O)c2c1nc(Sc1nnnn1-c1ccccc1)n2Cc1ccccc1Cl. The lowest BCUT2D eigenvalue weighted by molar-refractivity contribution is 0.719. The second-order valence-corrected chi connectivity index (χ2v) is 8.21. The van der Waals surface area contributed by atoms with E-state index in [2.05, 4.69) is 25.5 Å². The lowest BCUT2D eigenvalue weighted by Gasteiger charge is -2.10. The number of hydrogen-bond acceptors (Lipinski definition) is 7. The maximum atomic E-state index is 12.7. The number of aryl methyl sites for hydroxylation is 1. The molecule has 1 N–H and O–H groups in total. The molecule has 0 aliphatic rings. The van der Waals surface area contributed by atoms with Crippen molar-refractivity contribution in [2.75, 3.05) is 0 Å². The first-order chi connectivity index (χ1) is 15.5. The summed E-state index contributed by atoms with van der Waals surface area (Å²) in [5.74, 6) is 0. The quantitative estimate of drug-likeness (QED) is 0.422. The molecule has 12 heteroatoms. The number of rotatable bonds is 5. The number of imidazole rings is 1. The van der Waals surface area contributed by atoms with Crippen LogP contribution in [0.3, 0.4) is 0 Å². The van der Waals surface area contributed by atoms with Gasteiger partial charge in [0.05, 0.1) is 12.2 Å². The Morgan fingerprint density at radius 3 is 2.56 bits per heavy atom. The summed E-state index contributed by atoms with van der Waals surface area (Å²) in [7, 11) is 1.55. The van der Waals surface area contributed by atoms with E-state index in [1.165, 1.54) is 16.3 Å². The molecule has 0 fully saturated rings. The number of nitrogens with one attached hydrogen (secondary N) is 1. The fraction of sp³-hybridized carbons (Fsp3) is 0.100. The number of tetrazole rings is 1. The zero-order valence-corrected chi connectivity index (χ0v) is 18.2. The van der Waals surface area contributed by atoms with Gasteiger partial charge < -0.3 is 4.57 Å². The number of H-pyrrole nitrogens is 1. The first-order valence-electron chi connectivity index (χ1n) is 9.47. The van der Waals surface area contributed by atoms with Gasteiger partial charge in [0, 0.05) is 12.1 Å². The van der Waals surface area contributed by atoms with Gasteiger partial charge in [0.1, 0.15) is 0 Å². The summed E-state index contributed by atoms with van der Waals surface area (Å²) in [5.41, 5.74) is 1.01. The lowest BCUT2D eigenvalue weighted by Crippen LogP contribution is -2.29. The number of halogens is 1. The third-order valence-corrected chi connectivity index (χ3v) is 6.18. The number of para-hydroxylation sites is 1. The van der Waals surface area contributed by atoms with E-state index in [4.69, 9.17) is 11.6 Å². The van der Waals surface area contributed by atoms with Crippen molar-refractivity contribution in [3.63, 3.8) is 0 Å². The maximum Gasteiger partial charge on any atom is 0.329 e. The Kier molecular flexibility index (Phi) is 5.11. The van der Waals surface area contributed by atoms with Crippen LogP contribution in [0.2, 0.25) is 5.02 Å². The van der Waals surface area contributed by atoms with Crippen LogP contribution in [0, 0.1) is 0 Å². The van der Waals surface area contributed by atoms with Crippen molar-refractivity contribution in [2.24, 2.45) is 7.05 Å². The largest absolute Gasteiger partial charge is 0.329 e. The van der Waals surface area contributed by atoms with Crippen LogP contribution >= 0.6 is 23.4 Å². The van der Waals surface area contributed by atoms with Gasteiger partial charge in [-0.2, -0.15) is 4.68 Å². The van der Waals surface area contributed by atoms with Crippen molar-refractivity contribution >= 4 is 34.5 Å². The molecule has 0 aliphatic carbocycles. The molecule has 3 heterocycles. The van der Waals surface area contributed by atoms with E-state index in [0.29, 0.717) is 15.3 Å². The van der Waals surface area contributed by atoms with Gasteiger partial charge in [0.2, 0.25) is 5.16 Å². The van der Waals surface area contributed by atoms with Gasteiger partial charge in [0.15, 0.2) is 16.3 Å². The van der Waals surface area contributed by atoms with Crippen LogP contribution in [-0.2, 0) is 13.6 Å². The Balaban J connectivity index is 1.68. The number of benzene rings is 2. The molecule has 0 saturated heterocycles. The fourth-order valence-corrected chi connectivity index (χ4v) is 4.35. The molecular formula is C20H15ClN8O2S. The molecule has 0 bridgehead atoms. The number of fused-ring (bicyclic) bond motifs is 1. The van der Waals surface area contributed by atoms with E-state index in [1.807, 2.05) is 48.5 Å². The van der Waals surface area contributed by atoms with E-state index in [-0.39, 0.29) is 17.7 Å². The van der Waals surface area contributed by atoms with E-state index in [1.54, 1.807) is 22.4 Å². The summed E-state index contributed by atoms with van der Waals surface area (Å²) in [4.78, 5) is 31.8. The van der Waals surface area contributed by atoms with E-state index in [9.17, 15) is 9.59 Å². The predicted octanol–water partition coefficient (Wildman–Crippen LogP) is 2.25. The Bertz CT molecular complexity index is 1550. The van der Waals surface area contributed by atoms with Crippen LogP contribution in [0.15, 0.2) is 74.5 Å². The third-order valence-electron chi connectivity index (χ3n) is 4.88. The van der Waals surface area contributed by atoms with Crippen molar-refractivity contribution in [3.05, 3.63) is 86.0 Å². The number of hydrogen-bond donors (Lipinski definition) is 1. The molecule has 0 atom stereocenters. The van der Waals surface area contributed by atoms with Crippen LogP contribution < -0.4 is 11.2 Å². The molecule has 160 valence electrons. The average Bonchev–Trinajstić information content (AvgIpc) is 3.40. The van der Waals surface area contributed by atoms with Gasteiger partial charge >= 0.3 is 5.69 Å². The molecule has 5 aromatic rings. The molecule has 5 rings (SSSR count). The Morgan fingerprint density at radius 2 is 1.78 bits per heavy atom. The van der Waals surface area contributed by atoms with E-state index >= 15 is 0 Å². The topological polar surface area (TPSA) is 116 Å². The highest BCUT2D eigenvalue weighted by atomic mass is 35.5. The fourth-order valence-electron chi connectivity index (χ4n) is 3.29. The van der Waals surface area contributed by atoms with Crippen LogP contribution in [0.5, 0.6) is 0 Å². The van der Waals surface area contributed by atoms with Crippen molar-refractivity contribution in [2.45, 2.75) is 16.9 Å². The lowest BCUT2D eigenvalue weighted by atomic mass is 10.2. The molecular weight excluding hydrogens is 452 g/mol. The second-order valence-electron chi connectivity index (χ2n) is 6.87. The molecule has 0 aliphatic heterocycles. The van der Waals surface area contributed by atoms with Gasteiger partial charge in [-0.05, 0) is 46.0 Å². The molecule has 32 heavy (non-hydrogen) atoms. The van der Waals surface area contributed by atoms with Gasteiger partial charge in [-0.25, -0.2) is 9.78 Å². The predicted molar refractivity (Wildman–Crippen MR) is 119 cm³/mol. The minimum atomic E-state index is -0.546. The number of aromatic nitrogens is 8. The molecule has 0 spiro atoms. The van der Waals surface area contributed by atoms with Crippen LogP contribution in [0.4, 0.5) is 0 Å². The molecule has 3 aromatic heterocycles. The number of aromatic amines is 1. The molecule has 2 aromatic carbocycles. The number of nitrogens with zero attached hydrogens (tertiary/aromatic N) is 7. The highest BCUT2D eigenvalue weighted by Crippen LogP contribution is 2.30. The molecule has 0 amide bonds. The summed E-state index contributed by atoms with van der Waals surface area (Å²) in [5, 5.41) is 13.4.